The highest BCUT2D eigenvalue weighted by Crippen LogP contribution is 2.47. The van der Waals surface area contributed by atoms with Gasteiger partial charge in [-0.3, -0.25) is 4.79 Å². The summed E-state index contributed by atoms with van der Waals surface area (Å²) in [5.41, 5.74) is 2.38. The summed E-state index contributed by atoms with van der Waals surface area (Å²) in [7, 11) is -3.79. The van der Waals surface area contributed by atoms with Crippen molar-refractivity contribution in [1.29, 1.82) is 0 Å². The number of unbranched alkanes of at least 4 members (excludes halogenated alkanes) is 1. The summed E-state index contributed by atoms with van der Waals surface area (Å²) in [6.45, 7) is 6.05. The lowest BCUT2D eigenvalue weighted by molar-refractivity contribution is -0.116. The van der Waals surface area contributed by atoms with Gasteiger partial charge in [0.05, 0.1) is 17.9 Å². The quantitative estimate of drug-likeness (QED) is 0.591. The van der Waals surface area contributed by atoms with Crippen molar-refractivity contribution in [2.45, 2.75) is 52.2 Å². The van der Waals surface area contributed by atoms with E-state index in [9.17, 15) is 13.2 Å². The Hall–Kier alpha value is -3.20. The second-order valence-corrected chi connectivity index (χ2v) is 10.4. The standard InChI is InChI=1S/C25H29NO7S/c1-5-6-7-18-19-13-17(32-15(2)3)9-11-20(19)33-24(23(18)25(27)26-34(4,28)29)16-8-10-21-22(12-16)31-14-30-21/h8-13,15,24H,5-7,14H2,1-4H3,(H,26,27). The Morgan fingerprint density at radius 1 is 1.12 bits per heavy atom. The Morgan fingerprint density at radius 3 is 2.56 bits per heavy atom. The van der Waals surface area contributed by atoms with Gasteiger partial charge in [-0.05, 0) is 62.6 Å². The van der Waals surface area contributed by atoms with Crippen molar-refractivity contribution in [2.24, 2.45) is 0 Å². The molecule has 4 rings (SSSR count). The Morgan fingerprint density at radius 2 is 1.85 bits per heavy atom. The molecule has 0 aliphatic carbocycles. The van der Waals surface area contributed by atoms with Crippen LogP contribution in [0, 0.1) is 0 Å². The molecule has 8 nitrogen and oxygen atoms in total. The largest absolute Gasteiger partial charge is 0.491 e. The molecule has 0 fully saturated rings. The van der Waals surface area contributed by atoms with E-state index in [1.807, 2.05) is 32.0 Å². The van der Waals surface area contributed by atoms with E-state index in [1.165, 1.54) is 0 Å². The molecule has 34 heavy (non-hydrogen) atoms. The van der Waals surface area contributed by atoms with Gasteiger partial charge in [0.15, 0.2) is 17.6 Å². The molecule has 9 heteroatoms. The second-order valence-electron chi connectivity index (χ2n) is 8.63. The summed E-state index contributed by atoms with van der Waals surface area (Å²) in [6.07, 6.45) is 2.39. The lowest BCUT2D eigenvalue weighted by Crippen LogP contribution is -2.35. The third-order valence-corrected chi connectivity index (χ3v) is 6.04. The maximum atomic E-state index is 13.4. The van der Waals surface area contributed by atoms with E-state index in [2.05, 4.69) is 11.6 Å². The number of allylic oxidation sites excluding steroid dienone is 1. The van der Waals surface area contributed by atoms with Gasteiger partial charge in [-0.2, -0.15) is 0 Å². The molecule has 1 N–H and O–H groups in total. The zero-order valence-electron chi connectivity index (χ0n) is 19.7. The number of carbonyl (C=O) groups excluding carboxylic acids is 1. The fourth-order valence-electron chi connectivity index (χ4n) is 4.10. The molecule has 2 aromatic carbocycles. The number of rotatable bonds is 8. The SMILES string of the molecule is CCCCC1=C(C(=O)NS(C)(=O)=O)C(c2ccc3c(c2)OCO3)Oc2ccc(OC(C)C)cc21. The molecule has 0 saturated carbocycles. The number of fused-ring (bicyclic) bond motifs is 2. The van der Waals surface area contributed by atoms with E-state index in [-0.39, 0.29) is 18.5 Å². The van der Waals surface area contributed by atoms with Gasteiger partial charge >= 0.3 is 0 Å². The van der Waals surface area contributed by atoms with Crippen LogP contribution in [0.2, 0.25) is 0 Å². The number of sulfonamides is 1. The van der Waals surface area contributed by atoms with Crippen LogP contribution < -0.4 is 23.7 Å². The molecule has 0 radical (unpaired) electrons. The molecule has 1 atom stereocenters. The van der Waals surface area contributed by atoms with Gasteiger partial charge in [-0.25, -0.2) is 13.1 Å². The van der Waals surface area contributed by atoms with E-state index in [1.54, 1.807) is 18.2 Å². The predicted molar refractivity (Wildman–Crippen MR) is 128 cm³/mol. The Labute approximate surface area is 199 Å². The lowest BCUT2D eigenvalue weighted by atomic mass is 9.86. The fraction of sp³-hybridized carbons (Fsp3) is 0.400. The first-order chi connectivity index (χ1) is 16.2. The fourth-order valence-corrected chi connectivity index (χ4v) is 4.54. The van der Waals surface area contributed by atoms with Crippen LogP contribution in [-0.4, -0.2) is 33.5 Å². The van der Waals surface area contributed by atoms with Gasteiger partial charge in [0, 0.05) is 11.1 Å². The summed E-state index contributed by atoms with van der Waals surface area (Å²) in [5, 5.41) is 0. The van der Waals surface area contributed by atoms with Crippen molar-refractivity contribution < 1.29 is 32.2 Å². The van der Waals surface area contributed by atoms with Gasteiger partial charge in [0.25, 0.3) is 5.91 Å². The van der Waals surface area contributed by atoms with Crippen molar-refractivity contribution in [3.05, 3.63) is 53.1 Å². The average molecular weight is 488 g/mol. The molecule has 0 spiro atoms. The molecule has 182 valence electrons. The number of carbonyl (C=O) groups is 1. The minimum atomic E-state index is -3.79. The highest BCUT2D eigenvalue weighted by atomic mass is 32.2. The summed E-state index contributed by atoms with van der Waals surface area (Å²) in [6, 6.07) is 10.8. The van der Waals surface area contributed by atoms with E-state index in [0.717, 1.165) is 30.2 Å². The number of amides is 1. The number of nitrogens with one attached hydrogen (secondary N) is 1. The van der Waals surface area contributed by atoms with Crippen LogP contribution in [0.15, 0.2) is 42.0 Å². The Kier molecular flexibility index (Phi) is 6.74. The van der Waals surface area contributed by atoms with Gasteiger partial charge in [-0.15, -0.1) is 0 Å². The molecular weight excluding hydrogens is 458 g/mol. The number of benzene rings is 2. The van der Waals surface area contributed by atoms with Crippen LogP contribution in [0.5, 0.6) is 23.0 Å². The molecule has 2 heterocycles. The first-order valence-electron chi connectivity index (χ1n) is 11.3. The van der Waals surface area contributed by atoms with Crippen LogP contribution in [0.25, 0.3) is 5.57 Å². The third-order valence-electron chi connectivity index (χ3n) is 5.48. The van der Waals surface area contributed by atoms with Crippen LogP contribution in [0.1, 0.15) is 57.3 Å². The minimum absolute atomic E-state index is 0.0278. The maximum Gasteiger partial charge on any atom is 0.265 e. The van der Waals surface area contributed by atoms with Crippen molar-refractivity contribution in [3.8, 4) is 23.0 Å². The predicted octanol–water partition coefficient (Wildman–Crippen LogP) is 4.36. The molecule has 0 aromatic heterocycles. The highest BCUT2D eigenvalue weighted by molar-refractivity contribution is 7.89. The summed E-state index contributed by atoms with van der Waals surface area (Å²) in [5.74, 6) is 1.69. The van der Waals surface area contributed by atoms with Crippen molar-refractivity contribution in [1.82, 2.24) is 4.72 Å². The summed E-state index contributed by atoms with van der Waals surface area (Å²) >= 11 is 0. The molecular formula is C25H29NO7S. The number of hydrogen-bond acceptors (Lipinski definition) is 7. The van der Waals surface area contributed by atoms with Crippen molar-refractivity contribution in [2.75, 3.05) is 13.0 Å². The molecule has 0 saturated heterocycles. The number of ether oxygens (including phenoxy) is 4. The Balaban J connectivity index is 1.89. The smallest absolute Gasteiger partial charge is 0.265 e. The molecule has 2 aliphatic rings. The van der Waals surface area contributed by atoms with Crippen LogP contribution in [0.3, 0.4) is 0 Å². The van der Waals surface area contributed by atoms with Gasteiger partial charge in [0.2, 0.25) is 16.8 Å². The van der Waals surface area contributed by atoms with E-state index < -0.39 is 22.0 Å². The first-order valence-corrected chi connectivity index (χ1v) is 13.2. The molecule has 1 unspecified atom stereocenters. The minimum Gasteiger partial charge on any atom is -0.491 e. The van der Waals surface area contributed by atoms with Gasteiger partial charge < -0.3 is 18.9 Å². The van der Waals surface area contributed by atoms with Gasteiger partial charge in [-0.1, -0.05) is 19.4 Å². The zero-order chi connectivity index (χ0) is 24.5. The molecule has 2 aliphatic heterocycles. The van der Waals surface area contributed by atoms with E-state index in [4.69, 9.17) is 18.9 Å². The lowest BCUT2D eigenvalue weighted by Gasteiger charge is -2.31. The van der Waals surface area contributed by atoms with E-state index >= 15 is 0 Å². The first kappa shape index (κ1) is 23.9. The maximum absolute atomic E-state index is 13.4. The summed E-state index contributed by atoms with van der Waals surface area (Å²) < 4.78 is 49.2. The van der Waals surface area contributed by atoms with Crippen molar-refractivity contribution >= 4 is 21.5 Å². The normalized spacial score (nSPS) is 16.8. The molecule has 2 aromatic rings. The van der Waals surface area contributed by atoms with Crippen LogP contribution in [0.4, 0.5) is 0 Å². The average Bonchev–Trinajstić information content (AvgIpc) is 3.23. The highest BCUT2D eigenvalue weighted by Gasteiger charge is 2.36. The van der Waals surface area contributed by atoms with Crippen LogP contribution in [-0.2, 0) is 14.8 Å². The zero-order valence-corrected chi connectivity index (χ0v) is 20.5. The molecule has 0 bridgehead atoms. The van der Waals surface area contributed by atoms with Crippen LogP contribution >= 0.6 is 0 Å². The van der Waals surface area contributed by atoms with Crippen molar-refractivity contribution in [3.63, 3.8) is 0 Å². The number of hydrogen-bond donors (Lipinski definition) is 1. The Bertz CT molecular complexity index is 1230. The van der Waals surface area contributed by atoms with E-state index in [0.29, 0.717) is 35.0 Å². The molecule has 1 amide bonds. The second kappa shape index (κ2) is 9.58. The third kappa shape index (κ3) is 5.14. The van der Waals surface area contributed by atoms with Gasteiger partial charge in [0.1, 0.15) is 11.5 Å². The summed E-state index contributed by atoms with van der Waals surface area (Å²) in [4.78, 5) is 13.4. The topological polar surface area (TPSA) is 100 Å². The monoisotopic (exact) mass is 487 g/mol.